The number of alkyl halides is 2. The highest BCUT2D eigenvalue weighted by molar-refractivity contribution is 14.2. The normalized spacial score (nSPS) is 13.9. The van der Waals surface area contributed by atoms with Gasteiger partial charge in [-0.05, 0) is 66.3 Å². The van der Waals surface area contributed by atoms with Crippen LogP contribution in [0.1, 0.15) is 30.8 Å². The fourth-order valence-electron chi connectivity index (χ4n) is 3.59. The number of anilines is 3. The highest BCUT2D eigenvalue weighted by atomic mass is 127. The monoisotopic (exact) mass is 644 g/mol. The molecule has 1 aliphatic rings. The predicted octanol–water partition coefficient (Wildman–Crippen LogP) is 7.41. The summed E-state index contributed by atoms with van der Waals surface area (Å²) in [7, 11) is 0. The van der Waals surface area contributed by atoms with E-state index >= 15 is 0 Å². The number of rotatable bonds is 8. The molecular formula is C22H20F2IN6OPS2. The molecule has 1 fully saturated rings. The minimum atomic E-state index is -2.74. The van der Waals surface area contributed by atoms with Gasteiger partial charge in [0, 0.05) is 33.5 Å². The molecule has 0 aliphatic heterocycles. The van der Waals surface area contributed by atoms with Crippen molar-refractivity contribution >= 4 is 85.8 Å². The third-order valence-electron chi connectivity index (χ3n) is 5.46. The number of nitrogens with zero attached hydrogens (tertiary/aromatic N) is 4. The first-order valence-corrected chi connectivity index (χ1v) is 16.8. The summed E-state index contributed by atoms with van der Waals surface area (Å²) in [5, 5.41) is 9.15. The maximum Gasteiger partial charge on any atom is 0.295 e. The molecule has 0 spiro atoms. The van der Waals surface area contributed by atoms with Crippen LogP contribution in [0.25, 0.3) is 21.7 Å². The number of halogens is 3. The third kappa shape index (κ3) is 5.16. The zero-order valence-electron chi connectivity index (χ0n) is 18.6. The average Bonchev–Trinajstić information content (AvgIpc) is 3.50. The molecule has 1 aliphatic carbocycles. The summed E-state index contributed by atoms with van der Waals surface area (Å²) in [6.07, 6.45) is 0.909. The molecule has 3 aromatic heterocycles. The number of aromatic nitrogens is 4. The number of carbonyl (C=O) groups excluding carboxylic acids is 1. The van der Waals surface area contributed by atoms with Crippen LogP contribution in [-0.4, -0.2) is 31.5 Å². The van der Waals surface area contributed by atoms with Gasteiger partial charge in [0.25, 0.3) is 6.43 Å². The summed E-state index contributed by atoms with van der Waals surface area (Å²) in [5.74, 6) is -0.141. The fourth-order valence-corrected chi connectivity index (χ4v) is 6.86. The zero-order chi connectivity index (χ0) is 24.7. The van der Waals surface area contributed by atoms with Crippen molar-refractivity contribution in [3.05, 3.63) is 41.2 Å². The van der Waals surface area contributed by atoms with Crippen LogP contribution in [0, 0.1) is 12.8 Å². The average molecular weight is 644 g/mol. The van der Waals surface area contributed by atoms with E-state index in [1.54, 1.807) is 29.2 Å². The lowest BCUT2D eigenvalue weighted by molar-refractivity contribution is -0.117. The summed E-state index contributed by atoms with van der Waals surface area (Å²) < 4.78 is 28.9. The van der Waals surface area contributed by atoms with Crippen molar-refractivity contribution in [1.29, 1.82) is 0 Å². The van der Waals surface area contributed by atoms with Crippen LogP contribution in [-0.2, 0) is 4.79 Å². The molecular weight excluding hydrogens is 624 g/mol. The zero-order valence-corrected chi connectivity index (χ0v) is 23.4. The number of thiazole rings is 1. The van der Waals surface area contributed by atoms with Crippen molar-refractivity contribution in [3.63, 3.8) is 0 Å². The molecule has 7 nitrogen and oxygen atoms in total. The molecule has 0 saturated heterocycles. The van der Waals surface area contributed by atoms with Crippen molar-refractivity contribution < 1.29 is 13.6 Å². The van der Waals surface area contributed by atoms with Gasteiger partial charge in [-0.15, -0.1) is 23.1 Å². The number of thioether (sulfide) groups is 1. The Bertz CT molecular complexity index is 1420. The smallest absolute Gasteiger partial charge is 0.295 e. The van der Waals surface area contributed by atoms with Crippen LogP contribution in [0.5, 0.6) is 0 Å². The van der Waals surface area contributed by atoms with E-state index in [0.717, 1.165) is 39.7 Å². The summed E-state index contributed by atoms with van der Waals surface area (Å²) in [6.45, 7) is 1.96. The van der Waals surface area contributed by atoms with Gasteiger partial charge in [-0.1, -0.05) is 0 Å². The van der Waals surface area contributed by atoms with E-state index < -0.39 is 6.43 Å². The first kappa shape index (κ1) is 24.8. The van der Waals surface area contributed by atoms with E-state index in [2.05, 4.69) is 31.7 Å². The number of aryl methyl sites for hydroxylation is 1. The first-order chi connectivity index (χ1) is 16.9. The summed E-state index contributed by atoms with van der Waals surface area (Å²) >= 11 is 5.18. The Labute approximate surface area is 223 Å². The van der Waals surface area contributed by atoms with Gasteiger partial charge in [-0.2, -0.15) is 0 Å². The molecule has 2 N–H and O–H groups in total. The number of imidazole rings is 1. The molecule has 5 rings (SSSR count). The molecule has 182 valence electrons. The van der Waals surface area contributed by atoms with E-state index in [-0.39, 0.29) is 24.0 Å². The minimum Gasteiger partial charge on any atom is -0.353 e. The van der Waals surface area contributed by atoms with Gasteiger partial charge in [-0.25, -0.2) is 23.7 Å². The van der Waals surface area contributed by atoms with Crippen LogP contribution < -0.4 is 10.6 Å². The van der Waals surface area contributed by atoms with Crippen molar-refractivity contribution in [2.45, 2.75) is 31.1 Å². The van der Waals surface area contributed by atoms with Crippen molar-refractivity contribution in [1.82, 2.24) is 19.3 Å². The van der Waals surface area contributed by atoms with Crippen molar-refractivity contribution in [2.24, 2.45) is 5.92 Å². The molecule has 0 bridgehead atoms. The molecule has 13 heteroatoms. The number of pyridine rings is 1. The predicted molar refractivity (Wildman–Crippen MR) is 149 cm³/mol. The third-order valence-corrected chi connectivity index (χ3v) is 9.30. The van der Waals surface area contributed by atoms with Gasteiger partial charge in [-0.3, -0.25) is 9.13 Å². The first-order valence-electron chi connectivity index (χ1n) is 10.6. The van der Waals surface area contributed by atoms with E-state index in [0.29, 0.717) is 22.7 Å². The molecule has 1 atom stereocenters. The Kier molecular flexibility index (Phi) is 7.25. The van der Waals surface area contributed by atoms with Gasteiger partial charge < -0.3 is 10.6 Å². The Morgan fingerprint density at radius 2 is 2.06 bits per heavy atom. The Balaban J connectivity index is 1.58. The molecule has 4 aromatic rings. The van der Waals surface area contributed by atoms with Crippen molar-refractivity contribution in [2.75, 3.05) is 16.9 Å². The van der Waals surface area contributed by atoms with Crippen LogP contribution in [0.4, 0.5) is 26.0 Å². The van der Waals surface area contributed by atoms with E-state index in [1.165, 1.54) is 4.34 Å². The second-order valence-electron chi connectivity index (χ2n) is 8.02. The van der Waals surface area contributed by atoms with Crippen LogP contribution in [0.2, 0.25) is 0 Å². The lowest BCUT2D eigenvalue weighted by atomic mass is 10.2. The lowest BCUT2D eigenvalue weighted by Gasteiger charge is -2.14. The quantitative estimate of drug-likeness (QED) is 0.118. The largest absolute Gasteiger partial charge is 0.353 e. The van der Waals surface area contributed by atoms with E-state index in [9.17, 15) is 13.6 Å². The maximum absolute atomic E-state index is 13.8. The van der Waals surface area contributed by atoms with Crippen LogP contribution >= 0.6 is 51.5 Å². The summed E-state index contributed by atoms with van der Waals surface area (Å²) in [5.41, 5.74) is 3.92. The number of fused-ring (bicyclic) bond motifs is 1. The maximum atomic E-state index is 13.8. The van der Waals surface area contributed by atoms with Crippen LogP contribution in [0.15, 0.2) is 34.5 Å². The molecule has 35 heavy (non-hydrogen) atoms. The highest BCUT2D eigenvalue weighted by Crippen LogP contribution is 2.40. The molecule has 1 amide bonds. The number of benzene rings is 1. The van der Waals surface area contributed by atoms with E-state index in [4.69, 9.17) is 0 Å². The highest BCUT2D eigenvalue weighted by Gasteiger charge is 2.30. The standard InChI is InChI=1S/C22H20F2IN6OPS2/c1-10-9-35-22(26-10)12-5-6-13(15(7-12)34-2)27-14-8-16(29-21(32)11-3-4-11)28-19-17(14)30-20(18(23)24)31(19)33-25/h5-9,11,18,33H,3-4H2,1-2H3,(H2,27,28,29,32). The second kappa shape index (κ2) is 10.2. The lowest BCUT2D eigenvalue weighted by Crippen LogP contribution is -2.14. The Morgan fingerprint density at radius 1 is 1.26 bits per heavy atom. The second-order valence-corrected chi connectivity index (χ2v) is 11.8. The fraction of sp³-hybridized carbons (Fsp3) is 0.273. The number of nitrogens with one attached hydrogen (secondary N) is 2. The van der Waals surface area contributed by atoms with Gasteiger partial charge in [0.15, 0.2) is 11.5 Å². The van der Waals surface area contributed by atoms with E-state index in [1.807, 2.05) is 52.7 Å². The SMILES string of the molecule is CSc1cc(-c2nc(C)cs2)ccc1Nc1cc(NC(=O)C2CC2)nc2c1nc(C(F)F)n2PI. The number of hydrogen-bond acceptors (Lipinski definition) is 7. The number of carbonyl (C=O) groups is 1. The topological polar surface area (TPSA) is 84.7 Å². The minimum absolute atomic E-state index is 0.0120. The molecule has 1 unspecified atom stereocenters. The molecule has 1 aromatic carbocycles. The Morgan fingerprint density at radius 3 is 2.69 bits per heavy atom. The summed E-state index contributed by atoms with van der Waals surface area (Å²) in [4.78, 5) is 26.6. The summed E-state index contributed by atoms with van der Waals surface area (Å²) in [6, 6.07) is 7.63. The van der Waals surface area contributed by atoms with Gasteiger partial charge >= 0.3 is 0 Å². The van der Waals surface area contributed by atoms with Gasteiger partial charge in [0.2, 0.25) is 5.91 Å². The molecule has 1 saturated carbocycles. The molecule has 0 radical (unpaired) electrons. The number of amides is 1. The van der Waals surface area contributed by atoms with Gasteiger partial charge in [0.1, 0.15) is 16.3 Å². The number of hydrogen-bond donors (Lipinski definition) is 2. The Hall–Kier alpha value is -1.89. The van der Waals surface area contributed by atoms with Crippen LogP contribution in [0.3, 0.4) is 0 Å². The van der Waals surface area contributed by atoms with Crippen molar-refractivity contribution in [3.8, 4) is 10.6 Å². The molecule has 3 heterocycles. The van der Waals surface area contributed by atoms with Gasteiger partial charge in [0.05, 0.1) is 17.7 Å².